The molecule has 2 aromatic heterocycles. The lowest BCUT2D eigenvalue weighted by atomic mass is 9.94. The van der Waals surface area contributed by atoms with Gasteiger partial charge in [-0.1, -0.05) is 13.8 Å². The minimum Gasteiger partial charge on any atom is -0.314 e. The van der Waals surface area contributed by atoms with Gasteiger partial charge in [-0.15, -0.1) is 10.2 Å². The minimum atomic E-state index is 0.364. The Morgan fingerprint density at radius 3 is 2.94 bits per heavy atom. The van der Waals surface area contributed by atoms with Gasteiger partial charge in [0, 0.05) is 24.4 Å². The lowest BCUT2D eigenvalue weighted by Crippen LogP contribution is -2.32. The van der Waals surface area contributed by atoms with E-state index >= 15 is 0 Å². The molecule has 2 unspecified atom stereocenters. The lowest BCUT2D eigenvalue weighted by molar-refractivity contribution is 0.453. The summed E-state index contributed by atoms with van der Waals surface area (Å²) in [6.45, 7) is 7.46. The summed E-state index contributed by atoms with van der Waals surface area (Å²) < 4.78 is 1.92. The van der Waals surface area contributed by atoms with Crippen molar-refractivity contribution in [2.75, 3.05) is 6.54 Å². The first-order valence-corrected chi connectivity index (χ1v) is 6.15. The third-order valence-corrected chi connectivity index (χ3v) is 3.16. The Kier molecular flexibility index (Phi) is 3.68. The van der Waals surface area contributed by atoms with Crippen molar-refractivity contribution < 1.29 is 0 Å². The first-order chi connectivity index (χ1) is 8.27. The number of nitrogens with zero attached hydrogens (tertiary/aromatic N) is 4. The van der Waals surface area contributed by atoms with Crippen LogP contribution in [-0.4, -0.2) is 32.2 Å². The second kappa shape index (κ2) is 5.23. The molecule has 0 amide bonds. The van der Waals surface area contributed by atoms with Crippen LogP contribution in [0.15, 0.2) is 18.7 Å². The summed E-state index contributed by atoms with van der Waals surface area (Å²) >= 11 is 0. The maximum atomic E-state index is 4.49. The molecule has 2 atom stereocenters. The van der Waals surface area contributed by atoms with Crippen LogP contribution >= 0.6 is 0 Å². The fourth-order valence-corrected chi connectivity index (χ4v) is 2.29. The van der Waals surface area contributed by atoms with Crippen molar-refractivity contribution in [1.29, 1.82) is 0 Å². The zero-order valence-corrected chi connectivity index (χ0v) is 10.6. The van der Waals surface area contributed by atoms with E-state index in [4.69, 9.17) is 0 Å². The molecule has 2 heterocycles. The van der Waals surface area contributed by atoms with Crippen LogP contribution in [0.5, 0.6) is 0 Å². The van der Waals surface area contributed by atoms with E-state index in [-0.39, 0.29) is 0 Å². The second-order valence-corrected chi connectivity index (χ2v) is 4.24. The third-order valence-electron chi connectivity index (χ3n) is 3.16. The summed E-state index contributed by atoms with van der Waals surface area (Å²) in [5, 5.41) is 11.5. The Morgan fingerprint density at radius 1 is 1.41 bits per heavy atom. The molecule has 1 N–H and O–H groups in total. The monoisotopic (exact) mass is 233 g/mol. The first kappa shape index (κ1) is 12.0. The van der Waals surface area contributed by atoms with Crippen LogP contribution < -0.4 is 5.32 Å². The largest absolute Gasteiger partial charge is 0.314 e. The molecule has 0 aliphatic heterocycles. The highest BCUT2D eigenvalue weighted by Gasteiger charge is 2.21. The molecule has 0 bridgehead atoms. The van der Waals surface area contributed by atoms with Gasteiger partial charge in [-0.05, 0) is 19.9 Å². The fraction of sp³-hybridized carbons (Fsp3) is 0.583. The standard InChI is InChI=1S/C12H19N5/c1-4-10(9(3)13-5-2)11-12-16-15-8-17(12)7-6-14-11/h6-10,13H,4-5H2,1-3H3. The molecule has 0 radical (unpaired) electrons. The average molecular weight is 233 g/mol. The number of hydrogen-bond acceptors (Lipinski definition) is 4. The molecule has 0 fully saturated rings. The van der Waals surface area contributed by atoms with Crippen LogP contribution in [0.1, 0.15) is 38.8 Å². The van der Waals surface area contributed by atoms with E-state index in [1.807, 2.05) is 16.8 Å². The van der Waals surface area contributed by atoms with E-state index in [2.05, 4.69) is 41.3 Å². The molecular weight excluding hydrogens is 214 g/mol. The van der Waals surface area contributed by atoms with Crippen LogP contribution in [0.3, 0.4) is 0 Å². The lowest BCUT2D eigenvalue weighted by Gasteiger charge is -2.22. The van der Waals surface area contributed by atoms with Gasteiger partial charge in [0.15, 0.2) is 5.65 Å². The highest BCUT2D eigenvalue weighted by atomic mass is 15.2. The number of likely N-dealkylation sites (N-methyl/N-ethyl adjacent to an activating group) is 1. The number of nitrogens with one attached hydrogen (secondary N) is 1. The van der Waals surface area contributed by atoms with Gasteiger partial charge in [0.1, 0.15) is 6.33 Å². The van der Waals surface area contributed by atoms with Crippen LogP contribution in [0.2, 0.25) is 0 Å². The molecule has 0 aromatic carbocycles. The van der Waals surface area contributed by atoms with Crippen molar-refractivity contribution in [1.82, 2.24) is 24.9 Å². The van der Waals surface area contributed by atoms with Crippen molar-refractivity contribution in [2.24, 2.45) is 0 Å². The van der Waals surface area contributed by atoms with Gasteiger partial charge in [0.25, 0.3) is 0 Å². The van der Waals surface area contributed by atoms with Gasteiger partial charge < -0.3 is 5.32 Å². The summed E-state index contributed by atoms with van der Waals surface area (Å²) in [5.74, 6) is 0.364. The van der Waals surface area contributed by atoms with Crippen LogP contribution in [0.4, 0.5) is 0 Å². The molecule has 2 rings (SSSR count). The summed E-state index contributed by atoms with van der Waals surface area (Å²) in [4.78, 5) is 4.49. The van der Waals surface area contributed by atoms with Crippen molar-refractivity contribution in [3.8, 4) is 0 Å². The van der Waals surface area contributed by atoms with Crippen LogP contribution in [-0.2, 0) is 0 Å². The Balaban J connectivity index is 2.39. The SMILES string of the molecule is CCNC(C)C(CC)c1nccn2cnnc12. The number of fused-ring (bicyclic) bond motifs is 1. The number of rotatable bonds is 5. The van der Waals surface area contributed by atoms with E-state index in [0.29, 0.717) is 12.0 Å². The summed E-state index contributed by atoms with van der Waals surface area (Å²) in [7, 11) is 0. The Morgan fingerprint density at radius 2 is 2.24 bits per heavy atom. The highest BCUT2D eigenvalue weighted by molar-refractivity contribution is 5.44. The summed E-state index contributed by atoms with van der Waals surface area (Å²) in [6, 6.07) is 0.389. The zero-order valence-electron chi connectivity index (χ0n) is 10.6. The molecule has 0 aliphatic carbocycles. The third kappa shape index (κ3) is 2.29. The normalized spacial score (nSPS) is 15.0. The number of aromatic nitrogens is 4. The molecule has 2 aromatic rings. The first-order valence-electron chi connectivity index (χ1n) is 6.15. The molecule has 0 saturated heterocycles. The molecule has 92 valence electrons. The highest BCUT2D eigenvalue weighted by Crippen LogP contribution is 2.24. The zero-order chi connectivity index (χ0) is 12.3. The van der Waals surface area contributed by atoms with Gasteiger partial charge >= 0.3 is 0 Å². The predicted molar refractivity (Wildman–Crippen MR) is 67.0 cm³/mol. The van der Waals surface area contributed by atoms with E-state index in [1.54, 1.807) is 6.33 Å². The topological polar surface area (TPSA) is 55.1 Å². The van der Waals surface area contributed by atoms with Gasteiger partial charge in [0.2, 0.25) is 0 Å². The maximum Gasteiger partial charge on any atom is 0.182 e. The van der Waals surface area contributed by atoms with Gasteiger partial charge in [-0.3, -0.25) is 9.38 Å². The van der Waals surface area contributed by atoms with Crippen LogP contribution in [0, 0.1) is 0 Å². The predicted octanol–water partition coefficient (Wildman–Crippen LogP) is 1.62. The summed E-state index contributed by atoms with van der Waals surface area (Å²) in [6.07, 6.45) is 6.44. The maximum absolute atomic E-state index is 4.49. The van der Waals surface area contributed by atoms with Crippen molar-refractivity contribution in [3.05, 3.63) is 24.4 Å². The molecule has 0 spiro atoms. The Labute approximate surface area is 101 Å². The van der Waals surface area contributed by atoms with Crippen molar-refractivity contribution in [2.45, 2.75) is 39.2 Å². The van der Waals surface area contributed by atoms with Gasteiger partial charge in [-0.2, -0.15) is 0 Å². The summed E-state index contributed by atoms with van der Waals surface area (Å²) in [5.41, 5.74) is 1.89. The molecule has 5 nitrogen and oxygen atoms in total. The van der Waals surface area contributed by atoms with E-state index in [1.165, 1.54) is 0 Å². The van der Waals surface area contributed by atoms with Gasteiger partial charge in [-0.25, -0.2) is 0 Å². The smallest absolute Gasteiger partial charge is 0.182 e. The molecule has 5 heteroatoms. The van der Waals surface area contributed by atoms with Crippen molar-refractivity contribution >= 4 is 5.65 Å². The van der Waals surface area contributed by atoms with E-state index in [0.717, 1.165) is 24.3 Å². The average Bonchev–Trinajstić information content (AvgIpc) is 2.79. The molecule has 0 aliphatic rings. The van der Waals surface area contributed by atoms with E-state index in [9.17, 15) is 0 Å². The Hall–Kier alpha value is -1.49. The van der Waals surface area contributed by atoms with Crippen molar-refractivity contribution in [3.63, 3.8) is 0 Å². The minimum absolute atomic E-state index is 0.364. The van der Waals surface area contributed by atoms with E-state index < -0.39 is 0 Å². The Bertz CT molecular complexity index is 478. The van der Waals surface area contributed by atoms with Gasteiger partial charge in [0.05, 0.1) is 5.69 Å². The second-order valence-electron chi connectivity index (χ2n) is 4.24. The molecule has 0 saturated carbocycles. The quantitative estimate of drug-likeness (QED) is 0.852. The number of hydrogen-bond donors (Lipinski definition) is 1. The molecular formula is C12H19N5. The molecule has 17 heavy (non-hydrogen) atoms. The fourth-order valence-electron chi connectivity index (χ4n) is 2.29. The van der Waals surface area contributed by atoms with Crippen LogP contribution in [0.25, 0.3) is 5.65 Å².